The van der Waals surface area contributed by atoms with E-state index in [1.807, 2.05) is 0 Å². The minimum absolute atomic E-state index is 0.725. The lowest BCUT2D eigenvalue weighted by molar-refractivity contribution is 0.207. The standard InChI is InChI=1S/C17H28N2O/c1-12(2)10-19(15-6-7-15)11-16-8-13(3)17(20-16)9-18-14-4-5-14/h8,12,14-15,18H,4-7,9-11H2,1-3H3. The zero-order valence-corrected chi connectivity index (χ0v) is 13.1. The van der Waals surface area contributed by atoms with Crippen molar-refractivity contribution in [2.24, 2.45) is 5.92 Å². The summed E-state index contributed by atoms with van der Waals surface area (Å²) in [6, 6.07) is 3.78. The van der Waals surface area contributed by atoms with Gasteiger partial charge in [-0.2, -0.15) is 0 Å². The summed E-state index contributed by atoms with van der Waals surface area (Å²) in [6.07, 6.45) is 5.39. The van der Waals surface area contributed by atoms with Crippen LogP contribution in [0.25, 0.3) is 0 Å². The van der Waals surface area contributed by atoms with E-state index in [2.05, 4.69) is 37.1 Å². The van der Waals surface area contributed by atoms with Crippen molar-refractivity contribution in [2.45, 2.75) is 71.6 Å². The third-order valence-electron chi connectivity index (χ3n) is 4.22. The fourth-order valence-electron chi connectivity index (χ4n) is 2.82. The lowest BCUT2D eigenvalue weighted by atomic mass is 10.2. The van der Waals surface area contributed by atoms with E-state index >= 15 is 0 Å². The van der Waals surface area contributed by atoms with E-state index < -0.39 is 0 Å². The molecule has 2 saturated carbocycles. The molecule has 2 fully saturated rings. The third kappa shape index (κ3) is 3.86. The first-order valence-electron chi connectivity index (χ1n) is 8.17. The fourth-order valence-corrected chi connectivity index (χ4v) is 2.82. The van der Waals surface area contributed by atoms with Gasteiger partial charge in [-0.3, -0.25) is 4.90 Å². The summed E-state index contributed by atoms with van der Waals surface area (Å²) in [5.41, 5.74) is 1.30. The molecule has 0 saturated heterocycles. The van der Waals surface area contributed by atoms with Gasteiger partial charge >= 0.3 is 0 Å². The van der Waals surface area contributed by atoms with Crippen molar-refractivity contribution in [3.8, 4) is 0 Å². The number of aryl methyl sites for hydroxylation is 1. The average molecular weight is 276 g/mol. The Hall–Kier alpha value is -0.800. The van der Waals surface area contributed by atoms with Gasteiger partial charge < -0.3 is 9.73 Å². The van der Waals surface area contributed by atoms with Crippen molar-refractivity contribution in [2.75, 3.05) is 6.54 Å². The maximum absolute atomic E-state index is 6.08. The van der Waals surface area contributed by atoms with E-state index in [1.165, 1.54) is 37.8 Å². The highest BCUT2D eigenvalue weighted by Gasteiger charge is 2.30. The molecule has 0 spiro atoms. The molecule has 0 atom stereocenters. The summed E-state index contributed by atoms with van der Waals surface area (Å²) in [7, 11) is 0. The van der Waals surface area contributed by atoms with E-state index in [1.54, 1.807) is 0 Å². The Bertz CT molecular complexity index is 444. The zero-order valence-electron chi connectivity index (χ0n) is 13.1. The van der Waals surface area contributed by atoms with Crippen LogP contribution in [0.4, 0.5) is 0 Å². The van der Waals surface area contributed by atoms with Gasteiger partial charge in [0.15, 0.2) is 0 Å². The van der Waals surface area contributed by atoms with Crippen LogP contribution in [0.15, 0.2) is 10.5 Å². The second kappa shape index (κ2) is 5.90. The van der Waals surface area contributed by atoms with Gasteiger partial charge in [0, 0.05) is 18.6 Å². The predicted octanol–water partition coefficient (Wildman–Crippen LogP) is 3.46. The van der Waals surface area contributed by atoms with Crippen LogP contribution < -0.4 is 5.32 Å². The van der Waals surface area contributed by atoms with Crippen LogP contribution in [0.5, 0.6) is 0 Å². The van der Waals surface area contributed by atoms with Crippen LogP contribution in [-0.2, 0) is 13.1 Å². The summed E-state index contributed by atoms with van der Waals surface area (Å²) in [5.74, 6) is 3.00. The van der Waals surface area contributed by atoms with Gasteiger partial charge in [-0.15, -0.1) is 0 Å². The first-order chi connectivity index (χ1) is 9.61. The van der Waals surface area contributed by atoms with Crippen LogP contribution in [0.1, 0.15) is 56.6 Å². The van der Waals surface area contributed by atoms with Crippen molar-refractivity contribution < 1.29 is 4.42 Å². The summed E-state index contributed by atoms with van der Waals surface area (Å²) >= 11 is 0. The molecule has 3 nitrogen and oxygen atoms in total. The van der Waals surface area contributed by atoms with E-state index in [-0.39, 0.29) is 0 Å². The molecule has 0 amide bonds. The molecule has 0 bridgehead atoms. The second-order valence-electron chi connectivity index (χ2n) is 7.03. The maximum Gasteiger partial charge on any atom is 0.120 e. The van der Waals surface area contributed by atoms with E-state index in [0.29, 0.717) is 0 Å². The minimum atomic E-state index is 0.725. The lowest BCUT2D eigenvalue weighted by Gasteiger charge is -2.22. The molecule has 112 valence electrons. The van der Waals surface area contributed by atoms with E-state index in [9.17, 15) is 0 Å². The fraction of sp³-hybridized carbons (Fsp3) is 0.765. The average Bonchev–Trinajstić information content (AvgIpc) is 3.25. The Kier molecular flexibility index (Phi) is 4.18. The highest BCUT2D eigenvalue weighted by atomic mass is 16.3. The summed E-state index contributed by atoms with van der Waals surface area (Å²) in [6.45, 7) is 9.82. The maximum atomic E-state index is 6.08. The van der Waals surface area contributed by atoms with Crippen molar-refractivity contribution >= 4 is 0 Å². The van der Waals surface area contributed by atoms with Gasteiger partial charge in [0.05, 0.1) is 13.1 Å². The topological polar surface area (TPSA) is 28.4 Å². The second-order valence-corrected chi connectivity index (χ2v) is 7.03. The third-order valence-corrected chi connectivity index (χ3v) is 4.22. The molecular formula is C17H28N2O. The highest BCUT2D eigenvalue weighted by Crippen LogP contribution is 2.30. The van der Waals surface area contributed by atoms with Crippen LogP contribution in [0.3, 0.4) is 0 Å². The molecule has 1 heterocycles. The van der Waals surface area contributed by atoms with Gasteiger partial charge in [-0.1, -0.05) is 13.8 Å². The summed E-state index contributed by atoms with van der Waals surface area (Å²) in [5, 5.41) is 3.54. The first kappa shape index (κ1) is 14.2. The Balaban J connectivity index is 1.58. The van der Waals surface area contributed by atoms with Gasteiger partial charge in [0.1, 0.15) is 11.5 Å². The smallest absolute Gasteiger partial charge is 0.120 e. The van der Waals surface area contributed by atoms with Gasteiger partial charge in [0.25, 0.3) is 0 Å². The Labute approximate surface area is 122 Å². The molecule has 3 heteroatoms. The van der Waals surface area contributed by atoms with Gasteiger partial charge in [-0.25, -0.2) is 0 Å². The molecule has 0 unspecified atom stereocenters. The number of nitrogens with zero attached hydrogens (tertiary/aromatic N) is 1. The Morgan fingerprint density at radius 1 is 1.30 bits per heavy atom. The van der Waals surface area contributed by atoms with Crippen molar-refractivity contribution in [3.63, 3.8) is 0 Å². The zero-order chi connectivity index (χ0) is 14.1. The molecule has 1 N–H and O–H groups in total. The van der Waals surface area contributed by atoms with E-state index in [4.69, 9.17) is 4.42 Å². The number of nitrogens with one attached hydrogen (secondary N) is 1. The molecule has 0 radical (unpaired) electrons. The molecule has 3 rings (SSSR count). The van der Waals surface area contributed by atoms with Crippen LogP contribution in [0.2, 0.25) is 0 Å². The first-order valence-corrected chi connectivity index (χ1v) is 8.17. The SMILES string of the molecule is Cc1cc(CN(CC(C)C)C2CC2)oc1CNC1CC1. The number of hydrogen-bond acceptors (Lipinski definition) is 3. The molecule has 2 aliphatic carbocycles. The Morgan fingerprint density at radius 3 is 2.65 bits per heavy atom. The normalized spacial score (nSPS) is 19.2. The van der Waals surface area contributed by atoms with Gasteiger partial charge in [-0.05, 0) is 50.2 Å². The molecule has 0 aliphatic heterocycles. The number of rotatable bonds is 8. The van der Waals surface area contributed by atoms with E-state index in [0.717, 1.165) is 42.6 Å². The quantitative estimate of drug-likeness (QED) is 0.788. The highest BCUT2D eigenvalue weighted by molar-refractivity contribution is 5.20. The van der Waals surface area contributed by atoms with Crippen molar-refractivity contribution in [1.82, 2.24) is 10.2 Å². The summed E-state index contributed by atoms with van der Waals surface area (Å²) < 4.78 is 6.08. The lowest BCUT2D eigenvalue weighted by Crippen LogP contribution is -2.29. The largest absolute Gasteiger partial charge is 0.463 e. The van der Waals surface area contributed by atoms with Crippen LogP contribution in [0, 0.1) is 12.8 Å². The molecule has 1 aromatic heterocycles. The molecular weight excluding hydrogens is 248 g/mol. The Morgan fingerprint density at radius 2 is 2.05 bits per heavy atom. The molecule has 0 aromatic carbocycles. The van der Waals surface area contributed by atoms with Crippen LogP contribution >= 0.6 is 0 Å². The predicted molar refractivity (Wildman–Crippen MR) is 81.6 cm³/mol. The summed E-state index contributed by atoms with van der Waals surface area (Å²) in [4.78, 5) is 2.60. The minimum Gasteiger partial charge on any atom is -0.463 e. The monoisotopic (exact) mass is 276 g/mol. The van der Waals surface area contributed by atoms with Crippen molar-refractivity contribution in [1.29, 1.82) is 0 Å². The number of hydrogen-bond donors (Lipinski definition) is 1. The molecule has 20 heavy (non-hydrogen) atoms. The molecule has 1 aromatic rings. The van der Waals surface area contributed by atoms with Gasteiger partial charge in [0.2, 0.25) is 0 Å². The van der Waals surface area contributed by atoms with Crippen molar-refractivity contribution in [3.05, 3.63) is 23.2 Å². The molecule has 2 aliphatic rings. The van der Waals surface area contributed by atoms with Crippen LogP contribution in [-0.4, -0.2) is 23.5 Å². The number of furan rings is 1.